The SMILES string of the molecule is C1=Cn2nc(-c3cc(-c4ccccc4)cc(-c4nc5ccccn5n4)c3)nc2CC1. The molecule has 0 saturated heterocycles. The standard InChI is InChI=1S/C24H18N6/c1-2-8-17(9-3-1)18-14-19(23-25-21-10-4-6-12-29(21)27-23)16-20(15-18)24-26-22-11-5-7-13-30(22)28-24/h1-4,6-10,12-16H,5,11H2. The van der Waals surface area contributed by atoms with E-state index >= 15 is 0 Å². The monoisotopic (exact) mass is 390 g/mol. The molecule has 0 saturated carbocycles. The third-order valence-corrected chi connectivity index (χ3v) is 5.28. The summed E-state index contributed by atoms with van der Waals surface area (Å²) in [5.41, 5.74) is 4.94. The second-order valence-electron chi connectivity index (χ2n) is 7.32. The molecule has 5 aromatic rings. The molecule has 0 fully saturated rings. The summed E-state index contributed by atoms with van der Waals surface area (Å²) in [4.78, 5) is 9.50. The van der Waals surface area contributed by atoms with Crippen LogP contribution in [0, 0.1) is 0 Å². The smallest absolute Gasteiger partial charge is 0.182 e. The van der Waals surface area contributed by atoms with E-state index in [-0.39, 0.29) is 0 Å². The summed E-state index contributed by atoms with van der Waals surface area (Å²) in [5, 5.41) is 9.37. The van der Waals surface area contributed by atoms with Crippen molar-refractivity contribution in [1.29, 1.82) is 0 Å². The highest BCUT2D eigenvalue weighted by Gasteiger charge is 2.16. The van der Waals surface area contributed by atoms with Gasteiger partial charge < -0.3 is 0 Å². The number of allylic oxidation sites excluding steroid dienone is 1. The molecule has 0 unspecified atom stereocenters. The summed E-state index contributed by atoms with van der Waals surface area (Å²) in [6, 6.07) is 22.5. The van der Waals surface area contributed by atoms with E-state index in [0.717, 1.165) is 52.4 Å². The minimum absolute atomic E-state index is 0.684. The van der Waals surface area contributed by atoms with Gasteiger partial charge in [-0.3, -0.25) is 0 Å². The minimum Gasteiger partial charge on any atom is -0.225 e. The van der Waals surface area contributed by atoms with Crippen LogP contribution in [-0.4, -0.2) is 29.4 Å². The molecule has 4 heterocycles. The molecule has 0 N–H and O–H groups in total. The number of aromatic nitrogens is 6. The van der Waals surface area contributed by atoms with Gasteiger partial charge in [0.15, 0.2) is 17.3 Å². The van der Waals surface area contributed by atoms with Crippen LogP contribution < -0.4 is 0 Å². The molecule has 1 aliphatic heterocycles. The number of nitrogens with zero attached hydrogens (tertiary/aromatic N) is 6. The Labute approximate surface area is 173 Å². The molecule has 0 spiro atoms. The number of rotatable bonds is 3. The lowest BCUT2D eigenvalue weighted by molar-refractivity contribution is 0.782. The van der Waals surface area contributed by atoms with Crippen molar-refractivity contribution in [1.82, 2.24) is 29.4 Å². The van der Waals surface area contributed by atoms with E-state index in [9.17, 15) is 0 Å². The molecule has 6 nitrogen and oxygen atoms in total. The molecule has 0 radical (unpaired) electrons. The van der Waals surface area contributed by atoms with Crippen molar-refractivity contribution >= 4 is 11.8 Å². The lowest BCUT2D eigenvalue weighted by Crippen LogP contribution is -2.01. The van der Waals surface area contributed by atoms with Gasteiger partial charge in [-0.1, -0.05) is 42.5 Å². The quantitative estimate of drug-likeness (QED) is 0.446. The zero-order valence-corrected chi connectivity index (χ0v) is 16.2. The van der Waals surface area contributed by atoms with Gasteiger partial charge in [-0.15, -0.1) is 10.2 Å². The van der Waals surface area contributed by atoms with Gasteiger partial charge in [-0.25, -0.2) is 19.2 Å². The second kappa shape index (κ2) is 6.77. The van der Waals surface area contributed by atoms with Crippen LogP contribution in [0.5, 0.6) is 0 Å². The zero-order chi connectivity index (χ0) is 19.9. The van der Waals surface area contributed by atoms with Crippen molar-refractivity contribution in [2.75, 3.05) is 0 Å². The number of benzene rings is 2. The topological polar surface area (TPSA) is 60.9 Å². The van der Waals surface area contributed by atoms with Crippen molar-refractivity contribution in [3.8, 4) is 33.9 Å². The molecular formula is C24H18N6. The number of hydrogen-bond donors (Lipinski definition) is 0. The van der Waals surface area contributed by atoms with Crippen molar-refractivity contribution < 1.29 is 0 Å². The minimum atomic E-state index is 0.684. The Kier molecular flexibility index (Phi) is 3.81. The molecule has 2 aromatic carbocycles. The molecule has 6 heteroatoms. The van der Waals surface area contributed by atoms with Crippen LogP contribution in [0.3, 0.4) is 0 Å². The molecule has 144 valence electrons. The summed E-state index contributed by atoms with van der Waals surface area (Å²) >= 11 is 0. The predicted octanol–water partition coefficient (Wildman–Crippen LogP) is 4.74. The maximum Gasteiger partial charge on any atom is 0.182 e. The predicted molar refractivity (Wildman–Crippen MR) is 117 cm³/mol. The van der Waals surface area contributed by atoms with Gasteiger partial charge in [0.2, 0.25) is 0 Å². The fourth-order valence-electron chi connectivity index (χ4n) is 3.79. The van der Waals surface area contributed by atoms with Gasteiger partial charge >= 0.3 is 0 Å². The van der Waals surface area contributed by atoms with E-state index in [2.05, 4.69) is 41.5 Å². The van der Waals surface area contributed by atoms with Gasteiger partial charge in [0.1, 0.15) is 5.82 Å². The van der Waals surface area contributed by atoms with Crippen molar-refractivity contribution in [3.63, 3.8) is 0 Å². The molecule has 1 aliphatic rings. The van der Waals surface area contributed by atoms with E-state index in [1.54, 1.807) is 4.52 Å². The first-order valence-corrected chi connectivity index (χ1v) is 9.98. The Hall–Kier alpha value is -4.06. The zero-order valence-electron chi connectivity index (χ0n) is 16.2. The van der Waals surface area contributed by atoms with Crippen LogP contribution in [0.4, 0.5) is 0 Å². The molecule has 0 bridgehead atoms. The fourth-order valence-corrected chi connectivity index (χ4v) is 3.79. The van der Waals surface area contributed by atoms with Crippen molar-refractivity contribution in [3.05, 3.63) is 84.8 Å². The number of aryl methyl sites for hydroxylation is 1. The summed E-state index contributed by atoms with van der Waals surface area (Å²) in [6.45, 7) is 0. The highest BCUT2D eigenvalue weighted by molar-refractivity contribution is 5.77. The van der Waals surface area contributed by atoms with Crippen molar-refractivity contribution in [2.24, 2.45) is 0 Å². The number of fused-ring (bicyclic) bond motifs is 2. The maximum atomic E-state index is 4.79. The molecular weight excluding hydrogens is 372 g/mol. The molecule has 0 atom stereocenters. The maximum absolute atomic E-state index is 4.79. The number of hydrogen-bond acceptors (Lipinski definition) is 4. The highest BCUT2D eigenvalue weighted by Crippen LogP contribution is 2.31. The number of pyridine rings is 1. The van der Waals surface area contributed by atoms with E-state index < -0.39 is 0 Å². The van der Waals surface area contributed by atoms with Gasteiger partial charge in [-0.05, 0) is 47.9 Å². The van der Waals surface area contributed by atoms with Crippen LogP contribution in [-0.2, 0) is 6.42 Å². The lowest BCUT2D eigenvalue weighted by Gasteiger charge is -2.07. The molecule has 30 heavy (non-hydrogen) atoms. The van der Waals surface area contributed by atoms with Gasteiger partial charge in [-0.2, -0.15) is 0 Å². The van der Waals surface area contributed by atoms with E-state index in [4.69, 9.17) is 15.1 Å². The first-order valence-electron chi connectivity index (χ1n) is 9.98. The lowest BCUT2D eigenvalue weighted by atomic mass is 9.99. The van der Waals surface area contributed by atoms with Crippen LogP contribution >= 0.6 is 0 Å². The first kappa shape index (κ1) is 16.9. The Morgan fingerprint density at radius 2 is 1.47 bits per heavy atom. The second-order valence-corrected chi connectivity index (χ2v) is 7.32. The Morgan fingerprint density at radius 3 is 2.27 bits per heavy atom. The van der Waals surface area contributed by atoms with Crippen LogP contribution in [0.2, 0.25) is 0 Å². The third kappa shape index (κ3) is 2.90. The highest BCUT2D eigenvalue weighted by atomic mass is 15.3. The molecule has 6 rings (SSSR count). The Bertz CT molecular complexity index is 1360. The summed E-state index contributed by atoms with van der Waals surface area (Å²) < 4.78 is 3.67. The van der Waals surface area contributed by atoms with E-state index in [0.29, 0.717) is 5.82 Å². The average Bonchev–Trinajstić information content (AvgIpc) is 3.44. The Balaban J connectivity index is 1.54. The van der Waals surface area contributed by atoms with Crippen molar-refractivity contribution in [2.45, 2.75) is 12.8 Å². The molecule has 0 amide bonds. The largest absolute Gasteiger partial charge is 0.225 e. The average molecular weight is 390 g/mol. The van der Waals surface area contributed by atoms with Gasteiger partial charge in [0, 0.05) is 29.9 Å². The van der Waals surface area contributed by atoms with Crippen LogP contribution in [0.1, 0.15) is 12.2 Å². The Morgan fingerprint density at radius 1 is 0.700 bits per heavy atom. The van der Waals surface area contributed by atoms with Gasteiger partial charge in [0.05, 0.1) is 0 Å². The molecule has 0 aliphatic carbocycles. The first-order chi connectivity index (χ1) is 14.8. The summed E-state index contributed by atoms with van der Waals surface area (Å²) in [7, 11) is 0. The summed E-state index contributed by atoms with van der Waals surface area (Å²) in [6.07, 6.45) is 7.92. The fraction of sp³-hybridized carbons (Fsp3) is 0.0833. The van der Waals surface area contributed by atoms with E-state index in [1.165, 1.54) is 0 Å². The third-order valence-electron chi connectivity index (χ3n) is 5.28. The summed E-state index contributed by atoms with van der Waals surface area (Å²) in [5.74, 6) is 2.40. The van der Waals surface area contributed by atoms with E-state index in [1.807, 2.05) is 53.5 Å². The normalized spacial score (nSPS) is 12.9. The van der Waals surface area contributed by atoms with Crippen LogP contribution in [0.25, 0.3) is 45.7 Å². The van der Waals surface area contributed by atoms with Crippen LogP contribution in [0.15, 0.2) is 79.0 Å². The van der Waals surface area contributed by atoms with Gasteiger partial charge in [0.25, 0.3) is 0 Å². The molecule has 3 aromatic heterocycles.